The Bertz CT molecular complexity index is 767. The van der Waals surface area contributed by atoms with E-state index in [9.17, 15) is 9.59 Å². The number of unbranched alkanes of at least 4 members (excludes halogenated alkanes) is 15. The molecule has 1 saturated carbocycles. The number of rotatable bonds is 30. The van der Waals surface area contributed by atoms with Gasteiger partial charge in [-0.3, -0.25) is 4.79 Å². The molecule has 0 bridgehead atoms. The van der Waals surface area contributed by atoms with Gasteiger partial charge in [-0.1, -0.05) is 120 Å². The van der Waals surface area contributed by atoms with Gasteiger partial charge in [0.25, 0.3) is 0 Å². The molecule has 4 nitrogen and oxygen atoms in total. The Morgan fingerprint density at radius 2 is 1.44 bits per heavy atom. The van der Waals surface area contributed by atoms with Crippen LogP contribution in [0.2, 0.25) is 0 Å². The first-order valence-corrected chi connectivity index (χ1v) is 18.4. The largest absolute Gasteiger partial charge is 0.359 e. The summed E-state index contributed by atoms with van der Waals surface area (Å²) in [5.41, 5.74) is 1.85. The van der Waals surface area contributed by atoms with E-state index in [4.69, 9.17) is 0 Å². The quantitative estimate of drug-likeness (QED) is 0.0295. The van der Waals surface area contributed by atoms with Gasteiger partial charge in [0.05, 0.1) is 6.54 Å². The molecule has 3 atom stereocenters. The molecule has 0 aromatic rings. The Morgan fingerprint density at radius 1 is 0.767 bits per heavy atom. The average Bonchev–Trinajstić information content (AvgIpc) is 3.02. The van der Waals surface area contributed by atoms with Crippen molar-refractivity contribution in [3.05, 3.63) is 36.5 Å². The molecule has 0 spiro atoms. The minimum absolute atomic E-state index is 0.645. The fourth-order valence-electron chi connectivity index (χ4n) is 7.03. The molecule has 1 N–H and O–H groups in total. The Kier molecular flexibility index (Phi) is 27.4. The summed E-state index contributed by atoms with van der Waals surface area (Å²) in [6, 6.07) is 0. The number of amides is 1. The van der Waals surface area contributed by atoms with E-state index in [2.05, 4.69) is 42.0 Å². The molecule has 4 heteroatoms. The SMILES string of the molecule is C=CCC/C=C/CCC1/C(=C\CCCCCCCCNC=O)C(CCCCCCCCCN=C=O)CCC1CCCCC. The molecule has 0 saturated heterocycles. The van der Waals surface area contributed by atoms with Gasteiger partial charge in [-0.2, -0.15) is 0 Å². The average molecular weight is 597 g/mol. The normalized spacial score (nSPS) is 19.5. The Morgan fingerprint density at radius 3 is 2.16 bits per heavy atom. The number of carbonyl (C=O) groups is 1. The zero-order valence-electron chi connectivity index (χ0n) is 28.2. The maximum atomic E-state index is 10.4. The fraction of sp³-hybridized carbons (Fsp3) is 0.795. The van der Waals surface area contributed by atoms with Crippen LogP contribution in [-0.2, 0) is 9.59 Å². The van der Waals surface area contributed by atoms with E-state index in [1.165, 1.54) is 135 Å². The lowest BCUT2D eigenvalue weighted by atomic mass is 9.65. The topological polar surface area (TPSA) is 58.5 Å². The number of isocyanates is 1. The summed E-state index contributed by atoms with van der Waals surface area (Å²) in [4.78, 5) is 24.3. The van der Waals surface area contributed by atoms with Crippen LogP contribution in [0.25, 0.3) is 0 Å². The molecular weight excluding hydrogens is 528 g/mol. The number of hydrogen-bond acceptors (Lipinski definition) is 3. The summed E-state index contributed by atoms with van der Waals surface area (Å²) in [7, 11) is 0. The summed E-state index contributed by atoms with van der Waals surface area (Å²) in [5, 5.41) is 2.78. The van der Waals surface area contributed by atoms with Crippen LogP contribution in [0, 0.1) is 17.8 Å². The summed E-state index contributed by atoms with van der Waals surface area (Å²) < 4.78 is 0. The van der Waals surface area contributed by atoms with Gasteiger partial charge in [0.2, 0.25) is 12.5 Å². The molecule has 1 aliphatic carbocycles. The summed E-state index contributed by atoms with van der Waals surface area (Å²) in [6.45, 7) is 7.67. The monoisotopic (exact) mass is 597 g/mol. The van der Waals surface area contributed by atoms with Crippen LogP contribution in [0.4, 0.5) is 0 Å². The third-order valence-electron chi connectivity index (χ3n) is 9.51. The molecule has 1 fully saturated rings. The van der Waals surface area contributed by atoms with Crippen molar-refractivity contribution in [1.82, 2.24) is 5.32 Å². The Labute approximate surface area is 266 Å². The van der Waals surface area contributed by atoms with Crippen LogP contribution in [0.5, 0.6) is 0 Å². The van der Waals surface area contributed by atoms with Crippen LogP contribution in [0.15, 0.2) is 41.4 Å². The van der Waals surface area contributed by atoms with Crippen molar-refractivity contribution in [3.63, 3.8) is 0 Å². The molecule has 1 amide bonds. The van der Waals surface area contributed by atoms with Crippen molar-refractivity contribution in [3.8, 4) is 0 Å². The smallest absolute Gasteiger partial charge is 0.234 e. The highest BCUT2D eigenvalue weighted by molar-refractivity contribution is 5.45. The molecule has 0 aromatic carbocycles. The predicted octanol–water partition coefficient (Wildman–Crippen LogP) is 11.4. The minimum Gasteiger partial charge on any atom is -0.359 e. The zero-order valence-corrected chi connectivity index (χ0v) is 28.2. The first-order valence-electron chi connectivity index (χ1n) is 18.4. The number of hydrogen-bond donors (Lipinski definition) is 1. The van der Waals surface area contributed by atoms with Crippen molar-refractivity contribution in [2.45, 2.75) is 167 Å². The van der Waals surface area contributed by atoms with Crippen LogP contribution in [-0.4, -0.2) is 25.6 Å². The van der Waals surface area contributed by atoms with Crippen molar-refractivity contribution >= 4 is 12.5 Å². The highest BCUT2D eigenvalue weighted by atomic mass is 16.1. The molecule has 0 aromatic heterocycles. The molecule has 43 heavy (non-hydrogen) atoms. The van der Waals surface area contributed by atoms with Crippen LogP contribution >= 0.6 is 0 Å². The lowest BCUT2D eigenvalue weighted by molar-refractivity contribution is -0.109. The zero-order chi connectivity index (χ0) is 31.1. The van der Waals surface area contributed by atoms with Crippen molar-refractivity contribution in [2.75, 3.05) is 13.1 Å². The van der Waals surface area contributed by atoms with Gasteiger partial charge < -0.3 is 5.32 Å². The van der Waals surface area contributed by atoms with E-state index < -0.39 is 0 Å². The third kappa shape index (κ3) is 21.4. The molecular formula is C39H68N2O2. The van der Waals surface area contributed by atoms with E-state index >= 15 is 0 Å². The number of carbonyl (C=O) groups excluding carboxylic acids is 2. The van der Waals surface area contributed by atoms with Crippen molar-refractivity contribution < 1.29 is 9.59 Å². The molecule has 3 unspecified atom stereocenters. The summed E-state index contributed by atoms with van der Waals surface area (Å²) in [6.07, 6.45) is 44.2. The maximum absolute atomic E-state index is 10.4. The molecule has 0 radical (unpaired) electrons. The number of aliphatic imine (C=N–C) groups is 1. The Balaban J connectivity index is 2.71. The number of nitrogens with one attached hydrogen (secondary N) is 1. The van der Waals surface area contributed by atoms with Crippen LogP contribution in [0.3, 0.4) is 0 Å². The second kappa shape index (κ2) is 30.1. The van der Waals surface area contributed by atoms with Crippen molar-refractivity contribution in [2.24, 2.45) is 22.7 Å². The van der Waals surface area contributed by atoms with Gasteiger partial charge in [-0.15, -0.1) is 6.58 Å². The lowest BCUT2D eigenvalue weighted by Crippen LogP contribution is -2.28. The first kappa shape index (κ1) is 39.1. The van der Waals surface area contributed by atoms with E-state index in [1.807, 2.05) is 11.6 Å². The van der Waals surface area contributed by atoms with E-state index in [1.54, 1.807) is 6.08 Å². The standard InChI is InChI=1S/C39H68N2O2/c1-3-5-7-8-16-22-28-38-36(26-20-6-4-2)30-31-37(27-21-15-11-9-13-18-24-32-40-34-42)39(38)29-23-17-12-10-14-19-25-33-41-35-43/h3,8,16,29,35-38H,1,4-7,9-15,17-28,30-33H2,2H3,(H,41,43)/b16-8+,39-29-. The highest BCUT2D eigenvalue weighted by Crippen LogP contribution is 2.45. The van der Waals surface area contributed by atoms with E-state index in [0.29, 0.717) is 6.54 Å². The first-order chi connectivity index (χ1) is 21.3. The van der Waals surface area contributed by atoms with E-state index in [-0.39, 0.29) is 0 Å². The molecule has 1 rings (SSSR count). The second-order valence-electron chi connectivity index (χ2n) is 13.0. The third-order valence-corrected chi connectivity index (χ3v) is 9.51. The van der Waals surface area contributed by atoms with E-state index in [0.717, 1.165) is 56.4 Å². The molecule has 0 aliphatic heterocycles. The summed E-state index contributed by atoms with van der Waals surface area (Å²) >= 11 is 0. The highest BCUT2D eigenvalue weighted by Gasteiger charge is 2.33. The van der Waals surface area contributed by atoms with Gasteiger partial charge in [-0.05, 0) is 94.8 Å². The van der Waals surface area contributed by atoms with Gasteiger partial charge in [0, 0.05) is 6.54 Å². The number of nitrogens with zero attached hydrogens (tertiary/aromatic N) is 1. The second-order valence-corrected chi connectivity index (χ2v) is 13.0. The van der Waals surface area contributed by atoms with Gasteiger partial charge >= 0.3 is 0 Å². The molecule has 246 valence electrons. The fourth-order valence-corrected chi connectivity index (χ4v) is 7.03. The van der Waals surface area contributed by atoms with Gasteiger partial charge in [-0.25, -0.2) is 9.79 Å². The van der Waals surface area contributed by atoms with Gasteiger partial charge in [0.15, 0.2) is 0 Å². The van der Waals surface area contributed by atoms with Gasteiger partial charge in [0.1, 0.15) is 0 Å². The minimum atomic E-state index is 0.645. The molecule has 1 aliphatic rings. The van der Waals surface area contributed by atoms with Crippen LogP contribution in [0.1, 0.15) is 167 Å². The Hall–Kier alpha value is -1.93. The van der Waals surface area contributed by atoms with Crippen LogP contribution < -0.4 is 5.32 Å². The van der Waals surface area contributed by atoms with Crippen molar-refractivity contribution in [1.29, 1.82) is 0 Å². The summed E-state index contributed by atoms with van der Waals surface area (Å²) in [5.74, 6) is 2.45. The number of allylic oxidation sites excluding steroid dienone is 5. The lowest BCUT2D eigenvalue weighted by Gasteiger charge is -2.40. The maximum Gasteiger partial charge on any atom is 0.234 e. The predicted molar refractivity (Wildman–Crippen MR) is 186 cm³/mol. The molecule has 0 heterocycles.